The van der Waals surface area contributed by atoms with Crippen LogP contribution in [0, 0.1) is 6.92 Å². The Morgan fingerprint density at radius 1 is 1.21 bits per heavy atom. The zero-order valence-corrected chi connectivity index (χ0v) is 16.9. The second-order valence-corrected chi connectivity index (χ2v) is 7.83. The number of hydrogen-bond acceptors (Lipinski definition) is 3. The molecule has 0 atom stereocenters. The predicted molar refractivity (Wildman–Crippen MR) is 111 cm³/mol. The van der Waals surface area contributed by atoms with E-state index in [4.69, 9.17) is 9.84 Å². The number of hydrogen-bond donors (Lipinski definition) is 1. The molecule has 0 saturated carbocycles. The number of benzene rings is 2. The number of aliphatic carboxylic acids is 1. The molecular formula is C23H25NO4. The molecule has 2 aromatic carbocycles. The summed E-state index contributed by atoms with van der Waals surface area (Å²) in [5.41, 5.74) is 5.48. The van der Waals surface area contributed by atoms with E-state index in [9.17, 15) is 9.59 Å². The third-order valence-electron chi connectivity index (χ3n) is 5.33. The van der Waals surface area contributed by atoms with E-state index in [1.165, 1.54) is 0 Å². The van der Waals surface area contributed by atoms with Crippen LogP contribution in [0.2, 0.25) is 0 Å². The van der Waals surface area contributed by atoms with Crippen LogP contribution in [0.4, 0.5) is 5.69 Å². The SMILES string of the molecule is COc1ccc(/C=C/C(=O)O)cc1-c1cc2c(cc1C)C(C)(C)CC(=O)N2C. The first kappa shape index (κ1) is 19.7. The van der Waals surface area contributed by atoms with Crippen molar-refractivity contribution >= 4 is 23.6 Å². The van der Waals surface area contributed by atoms with Gasteiger partial charge in [-0.15, -0.1) is 0 Å². The van der Waals surface area contributed by atoms with Crippen LogP contribution >= 0.6 is 0 Å². The van der Waals surface area contributed by atoms with Gasteiger partial charge in [0.2, 0.25) is 5.91 Å². The van der Waals surface area contributed by atoms with Gasteiger partial charge in [0.1, 0.15) is 5.75 Å². The van der Waals surface area contributed by atoms with Crippen LogP contribution in [0.3, 0.4) is 0 Å². The quantitative estimate of drug-likeness (QED) is 0.799. The van der Waals surface area contributed by atoms with Crippen molar-refractivity contribution in [2.24, 2.45) is 0 Å². The minimum Gasteiger partial charge on any atom is -0.496 e. The molecule has 1 aliphatic rings. The highest BCUT2D eigenvalue weighted by molar-refractivity contribution is 5.98. The fourth-order valence-electron chi connectivity index (χ4n) is 3.74. The molecule has 5 heteroatoms. The predicted octanol–water partition coefficient (Wildman–Crippen LogP) is 4.41. The molecule has 0 bridgehead atoms. The summed E-state index contributed by atoms with van der Waals surface area (Å²) >= 11 is 0. The van der Waals surface area contributed by atoms with Gasteiger partial charge in [-0.3, -0.25) is 4.79 Å². The summed E-state index contributed by atoms with van der Waals surface area (Å²) in [6.45, 7) is 6.23. The maximum absolute atomic E-state index is 12.5. The summed E-state index contributed by atoms with van der Waals surface area (Å²) in [6.07, 6.45) is 3.14. The minimum absolute atomic E-state index is 0.0948. The summed E-state index contributed by atoms with van der Waals surface area (Å²) in [5.74, 6) is -0.207. The minimum atomic E-state index is -0.996. The van der Waals surface area contributed by atoms with Gasteiger partial charge < -0.3 is 14.7 Å². The summed E-state index contributed by atoms with van der Waals surface area (Å²) in [6, 6.07) is 9.73. The maximum Gasteiger partial charge on any atom is 0.328 e. The van der Waals surface area contributed by atoms with Crippen LogP contribution in [0.1, 0.15) is 37.0 Å². The van der Waals surface area contributed by atoms with Crippen molar-refractivity contribution in [1.82, 2.24) is 0 Å². The zero-order valence-electron chi connectivity index (χ0n) is 16.9. The van der Waals surface area contributed by atoms with E-state index in [1.54, 1.807) is 25.1 Å². The number of carbonyl (C=O) groups is 2. The molecule has 1 N–H and O–H groups in total. The molecule has 0 fully saturated rings. The van der Waals surface area contributed by atoms with Crippen molar-refractivity contribution in [3.63, 3.8) is 0 Å². The molecule has 146 valence electrons. The van der Waals surface area contributed by atoms with Gasteiger partial charge in [-0.05, 0) is 53.5 Å². The monoisotopic (exact) mass is 379 g/mol. The molecule has 28 heavy (non-hydrogen) atoms. The number of fused-ring (bicyclic) bond motifs is 1. The molecule has 0 unspecified atom stereocenters. The molecule has 2 aromatic rings. The topological polar surface area (TPSA) is 66.8 Å². The van der Waals surface area contributed by atoms with Crippen LogP contribution in [0.5, 0.6) is 5.75 Å². The lowest BCUT2D eigenvalue weighted by Gasteiger charge is -2.37. The van der Waals surface area contributed by atoms with E-state index < -0.39 is 5.97 Å². The van der Waals surface area contributed by atoms with Crippen LogP contribution < -0.4 is 9.64 Å². The second kappa shape index (κ2) is 7.15. The van der Waals surface area contributed by atoms with E-state index in [2.05, 4.69) is 19.9 Å². The Morgan fingerprint density at radius 2 is 1.93 bits per heavy atom. The molecule has 1 amide bonds. The van der Waals surface area contributed by atoms with Crippen molar-refractivity contribution < 1.29 is 19.4 Å². The van der Waals surface area contributed by atoms with Crippen molar-refractivity contribution in [2.45, 2.75) is 32.6 Å². The molecule has 0 saturated heterocycles. The molecular weight excluding hydrogens is 354 g/mol. The van der Waals surface area contributed by atoms with Crippen molar-refractivity contribution in [2.75, 3.05) is 19.1 Å². The Balaban J connectivity index is 2.21. The summed E-state index contributed by atoms with van der Waals surface area (Å²) in [4.78, 5) is 25.0. The lowest BCUT2D eigenvalue weighted by atomic mass is 9.76. The molecule has 0 aliphatic carbocycles. The zero-order chi connectivity index (χ0) is 20.6. The first-order valence-electron chi connectivity index (χ1n) is 9.15. The molecule has 0 radical (unpaired) electrons. The molecule has 1 aliphatic heterocycles. The number of anilines is 1. The average Bonchev–Trinajstić information content (AvgIpc) is 2.64. The van der Waals surface area contributed by atoms with E-state index in [0.29, 0.717) is 12.2 Å². The van der Waals surface area contributed by atoms with Crippen LogP contribution in [0.25, 0.3) is 17.2 Å². The van der Waals surface area contributed by atoms with Gasteiger partial charge in [-0.2, -0.15) is 0 Å². The van der Waals surface area contributed by atoms with Gasteiger partial charge in [0.25, 0.3) is 0 Å². The largest absolute Gasteiger partial charge is 0.496 e. The van der Waals surface area contributed by atoms with E-state index >= 15 is 0 Å². The van der Waals surface area contributed by atoms with Gasteiger partial charge >= 0.3 is 5.97 Å². The highest BCUT2D eigenvalue weighted by Gasteiger charge is 2.35. The van der Waals surface area contributed by atoms with Crippen molar-refractivity contribution in [3.8, 4) is 16.9 Å². The first-order valence-corrected chi connectivity index (χ1v) is 9.15. The van der Waals surface area contributed by atoms with E-state index in [-0.39, 0.29) is 11.3 Å². The summed E-state index contributed by atoms with van der Waals surface area (Å²) < 4.78 is 5.55. The fraction of sp³-hybridized carbons (Fsp3) is 0.304. The Hall–Kier alpha value is -3.08. The Kier molecular flexibility index (Phi) is 5.02. The van der Waals surface area contributed by atoms with Crippen LogP contribution in [-0.2, 0) is 15.0 Å². The normalized spacial score (nSPS) is 15.6. The number of aryl methyl sites for hydroxylation is 1. The van der Waals surface area contributed by atoms with Gasteiger partial charge in [-0.25, -0.2) is 4.79 Å². The number of nitrogens with zero attached hydrogens (tertiary/aromatic N) is 1. The number of amides is 1. The third kappa shape index (κ3) is 3.52. The molecule has 0 aromatic heterocycles. The van der Waals surface area contributed by atoms with Crippen LogP contribution in [0.15, 0.2) is 36.4 Å². The van der Waals surface area contributed by atoms with Crippen LogP contribution in [-0.4, -0.2) is 31.1 Å². The van der Waals surface area contributed by atoms with Gasteiger partial charge in [0.15, 0.2) is 0 Å². The van der Waals surface area contributed by atoms with Gasteiger partial charge in [0, 0.05) is 36.2 Å². The van der Waals surface area contributed by atoms with Gasteiger partial charge in [0.05, 0.1) is 7.11 Å². The van der Waals surface area contributed by atoms with E-state index in [1.807, 2.05) is 31.2 Å². The molecule has 3 rings (SSSR count). The highest BCUT2D eigenvalue weighted by Crippen LogP contribution is 2.44. The van der Waals surface area contributed by atoms with Gasteiger partial charge in [-0.1, -0.05) is 26.0 Å². The smallest absolute Gasteiger partial charge is 0.328 e. The molecule has 1 heterocycles. The Labute approximate surface area is 165 Å². The number of rotatable bonds is 4. The molecule has 0 spiro atoms. The maximum atomic E-state index is 12.5. The number of carbonyl (C=O) groups excluding carboxylic acids is 1. The first-order chi connectivity index (χ1) is 13.1. The van der Waals surface area contributed by atoms with E-state index in [0.717, 1.165) is 39.6 Å². The average molecular weight is 379 g/mol. The number of carboxylic acid groups (broad SMARTS) is 1. The number of carboxylic acids is 1. The van der Waals surface area contributed by atoms with Crippen molar-refractivity contribution in [1.29, 1.82) is 0 Å². The molecule has 5 nitrogen and oxygen atoms in total. The van der Waals surface area contributed by atoms with Crippen molar-refractivity contribution in [3.05, 3.63) is 53.1 Å². The second-order valence-electron chi connectivity index (χ2n) is 7.83. The summed E-state index contributed by atoms with van der Waals surface area (Å²) in [5, 5.41) is 8.89. The number of methoxy groups -OCH3 is 1. The Bertz CT molecular complexity index is 988. The fourth-order valence-corrected chi connectivity index (χ4v) is 3.74. The standard InChI is InChI=1S/C23H25NO4/c1-14-10-18-19(24(4)21(25)13-23(18,2)3)12-16(14)17-11-15(7-9-22(26)27)6-8-20(17)28-5/h6-12H,13H2,1-5H3,(H,26,27)/b9-7+. The lowest BCUT2D eigenvalue weighted by molar-refractivity contribution is -0.131. The number of ether oxygens (including phenoxy) is 1. The Morgan fingerprint density at radius 3 is 2.57 bits per heavy atom. The summed E-state index contributed by atoms with van der Waals surface area (Å²) in [7, 11) is 3.41. The third-order valence-corrected chi connectivity index (χ3v) is 5.33. The highest BCUT2D eigenvalue weighted by atomic mass is 16.5. The lowest BCUT2D eigenvalue weighted by Crippen LogP contribution is -2.39.